The topological polar surface area (TPSA) is 80.5 Å². The van der Waals surface area contributed by atoms with Crippen molar-refractivity contribution in [3.8, 4) is 22.5 Å². The molecule has 2 aromatic carbocycles. The van der Waals surface area contributed by atoms with Crippen LogP contribution in [-0.2, 0) is 6.18 Å². The Hall–Kier alpha value is -2.90. The quantitative estimate of drug-likeness (QED) is 0.713. The fourth-order valence-electron chi connectivity index (χ4n) is 2.12. The van der Waals surface area contributed by atoms with E-state index < -0.39 is 11.7 Å². The summed E-state index contributed by atoms with van der Waals surface area (Å²) in [6.45, 7) is 0. The molecule has 3 rings (SSSR count). The summed E-state index contributed by atoms with van der Waals surface area (Å²) in [6, 6.07) is 9.93. The molecular formula is C14H10F3N5. The molecule has 1 heterocycles. The fraction of sp³-hybridized carbons (Fsp3) is 0.0714. The molecule has 8 heteroatoms. The van der Waals surface area contributed by atoms with Crippen LogP contribution >= 0.6 is 0 Å². The van der Waals surface area contributed by atoms with E-state index >= 15 is 0 Å². The van der Waals surface area contributed by atoms with Crippen molar-refractivity contribution in [2.75, 3.05) is 5.73 Å². The second kappa shape index (κ2) is 5.14. The molecule has 0 fully saturated rings. The van der Waals surface area contributed by atoms with Crippen LogP contribution in [-0.4, -0.2) is 20.6 Å². The summed E-state index contributed by atoms with van der Waals surface area (Å²) in [5, 5.41) is 13.4. The number of nitrogen functional groups attached to an aromatic ring is 1. The largest absolute Gasteiger partial charge is 0.416 e. The Morgan fingerprint density at radius 1 is 0.955 bits per heavy atom. The van der Waals surface area contributed by atoms with E-state index in [4.69, 9.17) is 5.73 Å². The first-order chi connectivity index (χ1) is 10.4. The lowest BCUT2D eigenvalue weighted by Gasteiger charge is -2.10. The predicted octanol–water partition coefficient (Wildman–Crippen LogP) is 3.13. The number of hydrogen-bond donors (Lipinski definition) is 2. The minimum Gasteiger partial charge on any atom is -0.399 e. The molecule has 0 aliphatic rings. The highest BCUT2D eigenvalue weighted by atomic mass is 19.4. The standard InChI is InChI=1S/C14H10F3N5/c15-14(16,17)9-3-1-8(2-4-9)11-6-5-10(18)7-12(11)13-19-21-22-20-13/h1-7H,18H2,(H,19,20,21,22). The minimum absolute atomic E-state index is 0.391. The van der Waals surface area contributed by atoms with Crippen molar-refractivity contribution in [3.05, 3.63) is 48.0 Å². The van der Waals surface area contributed by atoms with E-state index in [-0.39, 0.29) is 0 Å². The van der Waals surface area contributed by atoms with Gasteiger partial charge >= 0.3 is 6.18 Å². The van der Waals surface area contributed by atoms with Crippen LogP contribution in [0.1, 0.15) is 5.56 Å². The summed E-state index contributed by atoms with van der Waals surface area (Å²) in [5.74, 6) is 0.391. The molecule has 0 saturated heterocycles. The number of nitrogens with zero attached hydrogens (tertiary/aromatic N) is 3. The Morgan fingerprint density at radius 2 is 1.68 bits per heavy atom. The lowest BCUT2D eigenvalue weighted by Crippen LogP contribution is -2.04. The number of halogens is 3. The predicted molar refractivity (Wildman–Crippen MR) is 74.5 cm³/mol. The van der Waals surface area contributed by atoms with E-state index in [2.05, 4.69) is 20.6 Å². The Labute approximate surface area is 123 Å². The molecule has 1 aromatic heterocycles. The van der Waals surface area contributed by atoms with Gasteiger partial charge in [-0.3, -0.25) is 0 Å². The van der Waals surface area contributed by atoms with E-state index in [0.29, 0.717) is 28.2 Å². The van der Waals surface area contributed by atoms with Crippen molar-refractivity contribution in [3.63, 3.8) is 0 Å². The Balaban J connectivity index is 2.09. The van der Waals surface area contributed by atoms with Crippen molar-refractivity contribution in [1.82, 2.24) is 20.6 Å². The van der Waals surface area contributed by atoms with Crippen molar-refractivity contribution in [1.29, 1.82) is 0 Å². The second-order valence-electron chi connectivity index (χ2n) is 4.63. The number of H-pyrrole nitrogens is 1. The molecule has 0 unspecified atom stereocenters. The normalized spacial score (nSPS) is 11.6. The molecule has 22 heavy (non-hydrogen) atoms. The molecule has 3 aromatic rings. The molecule has 3 N–H and O–H groups in total. The van der Waals surface area contributed by atoms with Gasteiger partial charge in [-0.15, -0.1) is 5.10 Å². The van der Waals surface area contributed by atoms with E-state index in [0.717, 1.165) is 12.1 Å². The summed E-state index contributed by atoms with van der Waals surface area (Å²) in [4.78, 5) is 0. The van der Waals surface area contributed by atoms with Gasteiger partial charge in [0, 0.05) is 11.3 Å². The maximum absolute atomic E-state index is 12.6. The minimum atomic E-state index is -4.36. The smallest absolute Gasteiger partial charge is 0.399 e. The highest BCUT2D eigenvalue weighted by Crippen LogP contribution is 2.34. The SMILES string of the molecule is Nc1ccc(-c2ccc(C(F)(F)F)cc2)c(-c2nnn[nH]2)c1. The van der Waals surface area contributed by atoms with Gasteiger partial charge in [0.1, 0.15) is 0 Å². The highest BCUT2D eigenvalue weighted by molar-refractivity contribution is 5.82. The van der Waals surface area contributed by atoms with Crippen molar-refractivity contribution < 1.29 is 13.2 Å². The lowest BCUT2D eigenvalue weighted by atomic mass is 9.97. The van der Waals surface area contributed by atoms with Crippen LogP contribution in [0.5, 0.6) is 0 Å². The zero-order valence-corrected chi connectivity index (χ0v) is 11.1. The first kappa shape index (κ1) is 14.1. The van der Waals surface area contributed by atoms with E-state index in [1.807, 2.05) is 0 Å². The Kier molecular flexibility index (Phi) is 3.28. The number of aromatic nitrogens is 4. The molecule has 5 nitrogen and oxygen atoms in total. The Morgan fingerprint density at radius 3 is 2.27 bits per heavy atom. The molecule has 0 aliphatic carbocycles. The zero-order chi connectivity index (χ0) is 15.7. The first-order valence-corrected chi connectivity index (χ1v) is 6.26. The molecule has 112 valence electrons. The summed E-state index contributed by atoms with van der Waals surface area (Å²) in [7, 11) is 0. The molecule has 0 radical (unpaired) electrons. The highest BCUT2D eigenvalue weighted by Gasteiger charge is 2.30. The number of aromatic amines is 1. The average molecular weight is 305 g/mol. The zero-order valence-electron chi connectivity index (χ0n) is 11.1. The molecule has 0 aliphatic heterocycles. The number of anilines is 1. The van der Waals surface area contributed by atoms with Crippen molar-refractivity contribution in [2.24, 2.45) is 0 Å². The van der Waals surface area contributed by atoms with Gasteiger partial charge in [0.2, 0.25) is 0 Å². The molecular weight excluding hydrogens is 295 g/mol. The lowest BCUT2D eigenvalue weighted by molar-refractivity contribution is -0.137. The summed E-state index contributed by atoms with van der Waals surface area (Å²) in [6.07, 6.45) is -4.36. The average Bonchev–Trinajstić information content (AvgIpc) is 3.00. The van der Waals surface area contributed by atoms with Gasteiger partial charge in [-0.05, 0) is 45.8 Å². The molecule has 0 saturated carbocycles. The van der Waals surface area contributed by atoms with Crippen LogP contribution in [0.4, 0.5) is 18.9 Å². The van der Waals surface area contributed by atoms with Crippen LogP contribution in [0.15, 0.2) is 42.5 Å². The number of alkyl halides is 3. The number of rotatable bonds is 2. The number of hydrogen-bond acceptors (Lipinski definition) is 4. The van der Waals surface area contributed by atoms with Gasteiger partial charge in [0.05, 0.1) is 5.56 Å². The van der Waals surface area contributed by atoms with E-state index in [9.17, 15) is 13.2 Å². The number of benzene rings is 2. The van der Waals surface area contributed by atoms with Gasteiger partial charge in [0.25, 0.3) is 0 Å². The van der Waals surface area contributed by atoms with Gasteiger partial charge < -0.3 is 5.73 Å². The third-order valence-corrected chi connectivity index (χ3v) is 3.17. The summed E-state index contributed by atoms with van der Waals surface area (Å²) in [5.41, 5.74) is 7.47. The summed E-state index contributed by atoms with van der Waals surface area (Å²) < 4.78 is 37.9. The summed E-state index contributed by atoms with van der Waals surface area (Å²) >= 11 is 0. The van der Waals surface area contributed by atoms with Crippen LogP contribution in [0.25, 0.3) is 22.5 Å². The van der Waals surface area contributed by atoms with Crippen molar-refractivity contribution >= 4 is 5.69 Å². The van der Waals surface area contributed by atoms with E-state index in [1.54, 1.807) is 18.2 Å². The second-order valence-corrected chi connectivity index (χ2v) is 4.63. The molecule has 0 amide bonds. The molecule has 0 spiro atoms. The van der Waals surface area contributed by atoms with Crippen LogP contribution in [0.2, 0.25) is 0 Å². The third-order valence-electron chi connectivity index (χ3n) is 3.17. The van der Waals surface area contributed by atoms with Gasteiger partial charge in [-0.1, -0.05) is 18.2 Å². The van der Waals surface area contributed by atoms with E-state index in [1.165, 1.54) is 12.1 Å². The molecule has 0 atom stereocenters. The van der Waals surface area contributed by atoms with Gasteiger partial charge in [0.15, 0.2) is 5.82 Å². The third kappa shape index (κ3) is 2.62. The van der Waals surface area contributed by atoms with Gasteiger partial charge in [-0.2, -0.15) is 13.2 Å². The van der Waals surface area contributed by atoms with Crippen LogP contribution in [0, 0.1) is 0 Å². The maximum atomic E-state index is 12.6. The fourth-order valence-corrected chi connectivity index (χ4v) is 2.12. The molecule has 0 bridgehead atoms. The van der Waals surface area contributed by atoms with Crippen molar-refractivity contribution in [2.45, 2.75) is 6.18 Å². The monoisotopic (exact) mass is 305 g/mol. The Bertz CT molecular complexity index is 779. The number of nitrogens with two attached hydrogens (primary N) is 1. The maximum Gasteiger partial charge on any atom is 0.416 e. The number of nitrogens with one attached hydrogen (secondary N) is 1. The van der Waals surface area contributed by atoms with Crippen LogP contribution in [0.3, 0.4) is 0 Å². The van der Waals surface area contributed by atoms with Gasteiger partial charge in [-0.25, -0.2) is 5.10 Å². The van der Waals surface area contributed by atoms with Crippen LogP contribution < -0.4 is 5.73 Å². The first-order valence-electron chi connectivity index (χ1n) is 6.26. The number of tetrazole rings is 1.